The molecule has 0 radical (unpaired) electrons. The fraction of sp³-hybridized carbons (Fsp3) is 1.00. The molecule has 2 nitrogen and oxygen atoms in total. The summed E-state index contributed by atoms with van der Waals surface area (Å²) in [6, 6.07) is 0. The van der Waals surface area contributed by atoms with Crippen LogP contribution in [-0.2, 0) is 4.74 Å². The third kappa shape index (κ3) is 1.80. The summed E-state index contributed by atoms with van der Waals surface area (Å²) in [6.45, 7) is 5.29. The molecular weight excluding hydrogens is 150 g/mol. The van der Waals surface area contributed by atoms with Gasteiger partial charge in [-0.25, -0.2) is 0 Å². The van der Waals surface area contributed by atoms with Gasteiger partial charge in [0.1, 0.15) is 0 Å². The zero-order valence-corrected chi connectivity index (χ0v) is 8.47. The number of hydrogen-bond donors (Lipinski definition) is 1. The van der Waals surface area contributed by atoms with Crippen LogP contribution < -0.4 is 5.73 Å². The van der Waals surface area contributed by atoms with Gasteiger partial charge in [-0.05, 0) is 31.1 Å². The van der Waals surface area contributed by atoms with Crippen LogP contribution in [0.3, 0.4) is 0 Å². The Hall–Kier alpha value is -0.0800. The maximum absolute atomic E-state index is 5.73. The van der Waals surface area contributed by atoms with Gasteiger partial charge >= 0.3 is 0 Å². The van der Waals surface area contributed by atoms with Crippen LogP contribution in [0, 0.1) is 11.8 Å². The summed E-state index contributed by atoms with van der Waals surface area (Å²) in [5, 5.41) is 0. The number of rotatable bonds is 2. The highest BCUT2D eigenvalue weighted by atomic mass is 16.5. The molecule has 0 aromatic carbocycles. The zero-order chi connectivity index (χ0) is 9.19. The third-order valence-corrected chi connectivity index (χ3v) is 3.53. The molecule has 1 aliphatic carbocycles. The molecule has 0 bridgehead atoms. The van der Waals surface area contributed by atoms with Crippen LogP contribution in [-0.4, -0.2) is 19.3 Å². The molecular formula is C10H21NO. The average molecular weight is 171 g/mol. The minimum atomic E-state index is -0.00801. The van der Waals surface area contributed by atoms with Gasteiger partial charge in [0.05, 0.1) is 5.60 Å². The highest BCUT2D eigenvalue weighted by Gasteiger charge is 2.36. The first kappa shape index (κ1) is 10.0. The van der Waals surface area contributed by atoms with Gasteiger partial charge in [-0.3, -0.25) is 0 Å². The summed E-state index contributed by atoms with van der Waals surface area (Å²) >= 11 is 0. The molecule has 1 aliphatic rings. The van der Waals surface area contributed by atoms with Gasteiger partial charge in [0, 0.05) is 13.7 Å². The van der Waals surface area contributed by atoms with E-state index in [1.54, 1.807) is 7.11 Å². The fourth-order valence-corrected chi connectivity index (χ4v) is 2.12. The molecule has 2 heteroatoms. The van der Waals surface area contributed by atoms with E-state index in [9.17, 15) is 0 Å². The molecule has 3 unspecified atom stereocenters. The maximum atomic E-state index is 5.73. The normalized spacial score (nSPS) is 43.0. The predicted octanol–water partition coefficient (Wildman–Crippen LogP) is 1.79. The monoisotopic (exact) mass is 171 g/mol. The second kappa shape index (κ2) is 3.75. The molecule has 1 fully saturated rings. The zero-order valence-electron chi connectivity index (χ0n) is 8.47. The summed E-state index contributed by atoms with van der Waals surface area (Å²) in [4.78, 5) is 0. The van der Waals surface area contributed by atoms with E-state index < -0.39 is 0 Å². The standard InChI is InChI=1S/C10H21NO/c1-8-4-5-10(7-11,12-3)6-9(8)2/h8-9H,4-7,11H2,1-3H3. The van der Waals surface area contributed by atoms with Crippen LogP contribution in [0.4, 0.5) is 0 Å². The molecule has 12 heavy (non-hydrogen) atoms. The first-order valence-electron chi connectivity index (χ1n) is 4.89. The van der Waals surface area contributed by atoms with Gasteiger partial charge in [0.15, 0.2) is 0 Å². The predicted molar refractivity (Wildman–Crippen MR) is 51.0 cm³/mol. The van der Waals surface area contributed by atoms with E-state index in [2.05, 4.69) is 13.8 Å². The highest BCUT2D eigenvalue weighted by Crippen LogP contribution is 2.37. The lowest BCUT2D eigenvalue weighted by atomic mass is 9.73. The van der Waals surface area contributed by atoms with Gasteiger partial charge in [0.2, 0.25) is 0 Å². The molecule has 0 aromatic rings. The average Bonchev–Trinajstić information content (AvgIpc) is 2.10. The van der Waals surface area contributed by atoms with Crippen molar-refractivity contribution in [2.24, 2.45) is 17.6 Å². The van der Waals surface area contributed by atoms with Crippen LogP contribution in [0.2, 0.25) is 0 Å². The minimum Gasteiger partial charge on any atom is -0.377 e. The van der Waals surface area contributed by atoms with Gasteiger partial charge in [-0.15, -0.1) is 0 Å². The largest absolute Gasteiger partial charge is 0.377 e. The molecule has 0 aliphatic heterocycles. The highest BCUT2D eigenvalue weighted by molar-refractivity contribution is 4.89. The van der Waals surface area contributed by atoms with Crippen LogP contribution in [0.1, 0.15) is 33.1 Å². The lowest BCUT2D eigenvalue weighted by molar-refractivity contribution is -0.0567. The molecule has 2 N–H and O–H groups in total. The van der Waals surface area contributed by atoms with Crippen molar-refractivity contribution in [1.29, 1.82) is 0 Å². The molecule has 1 saturated carbocycles. The van der Waals surface area contributed by atoms with E-state index in [1.807, 2.05) is 0 Å². The Balaban J connectivity index is 2.58. The Labute approximate surface area is 75.5 Å². The van der Waals surface area contributed by atoms with Crippen LogP contribution in [0.15, 0.2) is 0 Å². The van der Waals surface area contributed by atoms with Gasteiger partial charge in [-0.1, -0.05) is 13.8 Å². The SMILES string of the molecule is COC1(CN)CCC(C)C(C)C1. The smallest absolute Gasteiger partial charge is 0.0803 e. The van der Waals surface area contributed by atoms with Crippen molar-refractivity contribution in [1.82, 2.24) is 0 Å². The van der Waals surface area contributed by atoms with Gasteiger partial charge in [0.25, 0.3) is 0 Å². The Morgan fingerprint density at radius 1 is 1.42 bits per heavy atom. The summed E-state index contributed by atoms with van der Waals surface area (Å²) in [6.07, 6.45) is 3.51. The molecule has 1 rings (SSSR count). The topological polar surface area (TPSA) is 35.2 Å². The van der Waals surface area contributed by atoms with Crippen molar-refractivity contribution < 1.29 is 4.74 Å². The second-order valence-corrected chi connectivity index (χ2v) is 4.29. The molecule has 3 atom stereocenters. The van der Waals surface area contributed by atoms with E-state index in [0.29, 0.717) is 6.54 Å². The van der Waals surface area contributed by atoms with Crippen molar-refractivity contribution in [2.45, 2.75) is 38.7 Å². The number of methoxy groups -OCH3 is 1. The van der Waals surface area contributed by atoms with Crippen molar-refractivity contribution in [3.8, 4) is 0 Å². The van der Waals surface area contributed by atoms with Crippen LogP contribution >= 0.6 is 0 Å². The van der Waals surface area contributed by atoms with E-state index in [-0.39, 0.29) is 5.60 Å². The first-order chi connectivity index (χ1) is 5.63. The van der Waals surface area contributed by atoms with Crippen molar-refractivity contribution in [3.05, 3.63) is 0 Å². The number of nitrogens with two attached hydrogens (primary N) is 1. The maximum Gasteiger partial charge on any atom is 0.0803 e. The number of hydrogen-bond acceptors (Lipinski definition) is 2. The van der Waals surface area contributed by atoms with Crippen LogP contribution in [0.5, 0.6) is 0 Å². The first-order valence-corrected chi connectivity index (χ1v) is 4.89. The van der Waals surface area contributed by atoms with Crippen molar-refractivity contribution in [2.75, 3.05) is 13.7 Å². The molecule has 0 heterocycles. The fourth-order valence-electron chi connectivity index (χ4n) is 2.12. The van der Waals surface area contributed by atoms with E-state index in [0.717, 1.165) is 24.7 Å². The molecule has 0 saturated heterocycles. The number of ether oxygens (including phenoxy) is 1. The Kier molecular flexibility index (Phi) is 3.13. The molecule has 72 valence electrons. The van der Waals surface area contributed by atoms with Gasteiger partial charge < -0.3 is 10.5 Å². The quantitative estimate of drug-likeness (QED) is 0.687. The van der Waals surface area contributed by atoms with Crippen molar-refractivity contribution in [3.63, 3.8) is 0 Å². The van der Waals surface area contributed by atoms with E-state index in [4.69, 9.17) is 10.5 Å². The summed E-state index contributed by atoms with van der Waals surface area (Å²) in [5.41, 5.74) is 5.72. The second-order valence-electron chi connectivity index (χ2n) is 4.29. The lowest BCUT2D eigenvalue weighted by Crippen LogP contribution is -2.45. The Morgan fingerprint density at radius 3 is 2.50 bits per heavy atom. The lowest BCUT2D eigenvalue weighted by Gasteiger charge is -2.41. The summed E-state index contributed by atoms with van der Waals surface area (Å²) < 4.78 is 5.52. The third-order valence-electron chi connectivity index (χ3n) is 3.53. The minimum absolute atomic E-state index is 0.00801. The van der Waals surface area contributed by atoms with E-state index in [1.165, 1.54) is 6.42 Å². The molecule has 0 amide bonds. The Morgan fingerprint density at radius 2 is 2.08 bits per heavy atom. The summed E-state index contributed by atoms with van der Waals surface area (Å²) in [5.74, 6) is 1.59. The van der Waals surface area contributed by atoms with Gasteiger partial charge in [-0.2, -0.15) is 0 Å². The molecule has 0 spiro atoms. The van der Waals surface area contributed by atoms with E-state index >= 15 is 0 Å². The Bertz CT molecular complexity index is 143. The van der Waals surface area contributed by atoms with Crippen molar-refractivity contribution >= 4 is 0 Å². The van der Waals surface area contributed by atoms with Crippen LogP contribution in [0.25, 0.3) is 0 Å². The molecule has 0 aromatic heterocycles. The summed E-state index contributed by atoms with van der Waals surface area (Å²) in [7, 11) is 1.79.